The highest BCUT2D eigenvalue weighted by Gasteiger charge is 2.18. The predicted octanol–water partition coefficient (Wildman–Crippen LogP) is 4.61. The summed E-state index contributed by atoms with van der Waals surface area (Å²) in [6.45, 7) is 4.92. The van der Waals surface area contributed by atoms with Crippen LogP contribution in [0.4, 0.5) is 10.5 Å². The normalized spacial score (nSPS) is 11.4. The largest absolute Gasteiger partial charge is 0.497 e. The summed E-state index contributed by atoms with van der Waals surface area (Å²) in [6.07, 6.45) is 2.04. The molecule has 2 rings (SSSR count). The summed E-state index contributed by atoms with van der Waals surface area (Å²) in [7, 11) is 3.11. The van der Waals surface area contributed by atoms with Crippen LogP contribution in [0.3, 0.4) is 0 Å². The summed E-state index contributed by atoms with van der Waals surface area (Å²) in [5.74, 6) is 1.06. The molecule has 168 valence electrons. The van der Waals surface area contributed by atoms with Gasteiger partial charge in [-0.15, -0.1) is 0 Å². The lowest BCUT2D eigenvalue weighted by molar-refractivity contribution is -0.121. The molecule has 0 bridgehead atoms. The molecule has 2 N–H and O–H groups in total. The molecule has 7 nitrogen and oxygen atoms in total. The SMILES string of the molecule is CCCCN(CCC(=O)NC(C)c1ccccc1)C(=O)Nc1ccc(OC)cc1OC. The Morgan fingerprint density at radius 3 is 2.42 bits per heavy atom. The molecule has 0 heterocycles. The molecule has 0 saturated heterocycles. The van der Waals surface area contributed by atoms with Gasteiger partial charge in [-0.3, -0.25) is 4.79 Å². The molecule has 0 radical (unpaired) electrons. The second kappa shape index (κ2) is 12.5. The highest BCUT2D eigenvalue weighted by atomic mass is 16.5. The number of ether oxygens (including phenoxy) is 2. The summed E-state index contributed by atoms with van der Waals surface area (Å²) in [5, 5.41) is 5.88. The van der Waals surface area contributed by atoms with Gasteiger partial charge in [0.15, 0.2) is 0 Å². The Morgan fingerprint density at radius 1 is 1.03 bits per heavy atom. The van der Waals surface area contributed by atoms with Crippen LogP contribution in [0.25, 0.3) is 0 Å². The lowest BCUT2D eigenvalue weighted by atomic mass is 10.1. The second-order valence-electron chi connectivity index (χ2n) is 7.29. The number of anilines is 1. The van der Waals surface area contributed by atoms with Crippen LogP contribution in [-0.4, -0.2) is 44.1 Å². The smallest absolute Gasteiger partial charge is 0.321 e. The van der Waals surface area contributed by atoms with Crippen LogP contribution in [0.15, 0.2) is 48.5 Å². The lowest BCUT2D eigenvalue weighted by Gasteiger charge is -2.24. The lowest BCUT2D eigenvalue weighted by Crippen LogP contribution is -2.39. The molecule has 0 saturated carbocycles. The molecule has 3 amide bonds. The van der Waals surface area contributed by atoms with Crippen LogP contribution < -0.4 is 20.1 Å². The Kier molecular flexibility index (Phi) is 9.68. The van der Waals surface area contributed by atoms with Crippen molar-refractivity contribution in [2.24, 2.45) is 0 Å². The third kappa shape index (κ3) is 7.51. The zero-order valence-electron chi connectivity index (χ0n) is 18.8. The number of hydrogen-bond donors (Lipinski definition) is 2. The van der Waals surface area contributed by atoms with E-state index in [2.05, 4.69) is 17.6 Å². The van der Waals surface area contributed by atoms with Gasteiger partial charge in [-0.05, 0) is 31.0 Å². The van der Waals surface area contributed by atoms with Crippen molar-refractivity contribution < 1.29 is 19.1 Å². The number of carbonyl (C=O) groups is 2. The van der Waals surface area contributed by atoms with E-state index in [-0.39, 0.29) is 24.4 Å². The Morgan fingerprint density at radius 2 is 1.77 bits per heavy atom. The maximum absolute atomic E-state index is 12.9. The highest BCUT2D eigenvalue weighted by Crippen LogP contribution is 2.29. The Balaban J connectivity index is 1.97. The average Bonchev–Trinajstić information content (AvgIpc) is 2.79. The number of nitrogens with one attached hydrogen (secondary N) is 2. The van der Waals surface area contributed by atoms with Crippen LogP contribution in [0, 0.1) is 0 Å². The van der Waals surface area contributed by atoms with Gasteiger partial charge in [0, 0.05) is 25.6 Å². The molecule has 0 aliphatic rings. The molecule has 2 aromatic rings. The van der Waals surface area contributed by atoms with Crippen LogP contribution >= 0.6 is 0 Å². The molecule has 0 aromatic heterocycles. The molecule has 31 heavy (non-hydrogen) atoms. The quantitative estimate of drug-likeness (QED) is 0.549. The molecule has 0 fully saturated rings. The number of carbonyl (C=O) groups excluding carboxylic acids is 2. The van der Waals surface area contributed by atoms with Gasteiger partial charge in [0.1, 0.15) is 11.5 Å². The average molecular weight is 428 g/mol. The van der Waals surface area contributed by atoms with Crippen molar-refractivity contribution in [2.45, 2.75) is 39.2 Å². The Bertz CT molecular complexity index is 842. The van der Waals surface area contributed by atoms with Gasteiger partial charge in [-0.1, -0.05) is 43.7 Å². The molecule has 2 aromatic carbocycles. The van der Waals surface area contributed by atoms with Gasteiger partial charge in [0.25, 0.3) is 0 Å². The molecular weight excluding hydrogens is 394 g/mol. The van der Waals surface area contributed by atoms with E-state index in [1.807, 2.05) is 37.3 Å². The first-order valence-corrected chi connectivity index (χ1v) is 10.6. The maximum atomic E-state index is 12.9. The second-order valence-corrected chi connectivity index (χ2v) is 7.29. The first kappa shape index (κ1) is 24.1. The van der Waals surface area contributed by atoms with Gasteiger partial charge in [0.05, 0.1) is 25.9 Å². The molecule has 1 atom stereocenters. The zero-order valence-corrected chi connectivity index (χ0v) is 18.8. The number of methoxy groups -OCH3 is 2. The number of hydrogen-bond acceptors (Lipinski definition) is 4. The van der Waals surface area contributed by atoms with Crippen LogP contribution in [0.5, 0.6) is 11.5 Å². The van der Waals surface area contributed by atoms with E-state index in [0.29, 0.717) is 30.3 Å². The zero-order chi connectivity index (χ0) is 22.6. The van der Waals surface area contributed by atoms with Crippen molar-refractivity contribution in [1.82, 2.24) is 10.2 Å². The van der Waals surface area contributed by atoms with Crippen molar-refractivity contribution in [3.05, 3.63) is 54.1 Å². The molecule has 0 spiro atoms. The summed E-state index contributed by atoms with van der Waals surface area (Å²) in [5.41, 5.74) is 1.60. The topological polar surface area (TPSA) is 79.9 Å². The van der Waals surface area contributed by atoms with E-state index < -0.39 is 0 Å². The van der Waals surface area contributed by atoms with E-state index >= 15 is 0 Å². The van der Waals surface area contributed by atoms with Crippen LogP contribution in [0.1, 0.15) is 44.7 Å². The minimum atomic E-state index is -0.263. The number of unbranched alkanes of at least 4 members (excludes halogenated alkanes) is 1. The van der Waals surface area contributed by atoms with E-state index in [4.69, 9.17) is 9.47 Å². The molecule has 0 aliphatic heterocycles. The Hall–Kier alpha value is -3.22. The first-order chi connectivity index (χ1) is 15.0. The van der Waals surface area contributed by atoms with Crippen LogP contribution in [0.2, 0.25) is 0 Å². The van der Waals surface area contributed by atoms with E-state index in [1.165, 1.54) is 7.11 Å². The summed E-state index contributed by atoms with van der Waals surface area (Å²) in [6, 6.07) is 14.7. The standard InChI is InChI=1S/C24H33N3O4/c1-5-6-15-27(16-14-23(28)25-18(2)19-10-8-7-9-11-19)24(29)26-21-13-12-20(30-3)17-22(21)31-4/h7-13,17-18H,5-6,14-16H2,1-4H3,(H,25,28)(H,26,29). The van der Waals surface area contributed by atoms with Crippen molar-refractivity contribution in [2.75, 3.05) is 32.6 Å². The monoisotopic (exact) mass is 427 g/mol. The fraction of sp³-hybridized carbons (Fsp3) is 0.417. The predicted molar refractivity (Wildman–Crippen MR) is 123 cm³/mol. The fourth-order valence-electron chi connectivity index (χ4n) is 3.14. The molecular formula is C24H33N3O4. The Labute approximate surface area is 184 Å². The first-order valence-electron chi connectivity index (χ1n) is 10.6. The number of urea groups is 1. The third-order valence-electron chi connectivity index (χ3n) is 5.00. The fourth-order valence-corrected chi connectivity index (χ4v) is 3.14. The minimum Gasteiger partial charge on any atom is -0.497 e. The highest BCUT2D eigenvalue weighted by molar-refractivity contribution is 5.91. The minimum absolute atomic E-state index is 0.0878. The number of nitrogens with zero attached hydrogens (tertiary/aromatic N) is 1. The maximum Gasteiger partial charge on any atom is 0.321 e. The van der Waals surface area contributed by atoms with Crippen molar-refractivity contribution in [3.8, 4) is 11.5 Å². The van der Waals surface area contributed by atoms with Gasteiger partial charge in [-0.2, -0.15) is 0 Å². The van der Waals surface area contributed by atoms with E-state index in [0.717, 1.165) is 18.4 Å². The number of amides is 3. The van der Waals surface area contributed by atoms with Gasteiger partial charge in [0.2, 0.25) is 5.91 Å². The van der Waals surface area contributed by atoms with Crippen molar-refractivity contribution >= 4 is 17.6 Å². The third-order valence-corrected chi connectivity index (χ3v) is 5.00. The van der Waals surface area contributed by atoms with Gasteiger partial charge >= 0.3 is 6.03 Å². The van der Waals surface area contributed by atoms with Gasteiger partial charge < -0.3 is 25.0 Å². The number of benzene rings is 2. The molecule has 7 heteroatoms. The van der Waals surface area contributed by atoms with E-state index in [9.17, 15) is 9.59 Å². The summed E-state index contributed by atoms with van der Waals surface area (Å²) >= 11 is 0. The van der Waals surface area contributed by atoms with Gasteiger partial charge in [-0.25, -0.2) is 4.79 Å². The van der Waals surface area contributed by atoms with Crippen LogP contribution in [-0.2, 0) is 4.79 Å². The summed E-state index contributed by atoms with van der Waals surface area (Å²) < 4.78 is 10.6. The molecule has 1 unspecified atom stereocenters. The van der Waals surface area contributed by atoms with E-state index in [1.54, 1.807) is 30.2 Å². The molecule has 0 aliphatic carbocycles. The van der Waals surface area contributed by atoms with Crippen molar-refractivity contribution in [3.63, 3.8) is 0 Å². The summed E-state index contributed by atoms with van der Waals surface area (Å²) in [4.78, 5) is 27.0. The van der Waals surface area contributed by atoms with Crippen molar-refractivity contribution in [1.29, 1.82) is 0 Å². The number of rotatable bonds is 11.